The molecule has 0 aliphatic carbocycles. The Hall–Kier alpha value is -1.88. The number of methoxy groups -OCH3 is 1. The number of aryl methyl sites for hydroxylation is 1. The van der Waals surface area contributed by atoms with Crippen LogP contribution in [0.15, 0.2) is 22.6 Å². The number of oxazole rings is 1. The van der Waals surface area contributed by atoms with Gasteiger partial charge in [0.15, 0.2) is 0 Å². The molecular weight excluding hydrogens is 223 g/mol. The first-order valence-corrected chi connectivity index (χ1v) is 5.16. The summed E-state index contributed by atoms with van der Waals surface area (Å²) in [6.45, 7) is 1.96. The molecule has 2 aromatic rings. The van der Waals surface area contributed by atoms with Crippen molar-refractivity contribution in [3.63, 3.8) is 0 Å². The minimum absolute atomic E-state index is 0.207. The number of hydrogen-bond acceptors (Lipinski definition) is 4. The van der Waals surface area contributed by atoms with Crippen molar-refractivity contribution < 1.29 is 13.5 Å². The van der Waals surface area contributed by atoms with Crippen LogP contribution in [0.2, 0.25) is 0 Å². The molecule has 0 fully saturated rings. The normalized spacial score (nSPS) is 10.6. The summed E-state index contributed by atoms with van der Waals surface area (Å²) in [6, 6.07) is 4.26. The Balaban J connectivity index is 2.58. The fourth-order valence-corrected chi connectivity index (χ4v) is 1.65. The van der Waals surface area contributed by atoms with Crippen molar-refractivity contribution in [1.29, 1.82) is 0 Å². The van der Waals surface area contributed by atoms with Gasteiger partial charge < -0.3 is 14.9 Å². The van der Waals surface area contributed by atoms with Gasteiger partial charge in [0, 0.05) is 5.56 Å². The van der Waals surface area contributed by atoms with Crippen LogP contribution in [-0.2, 0) is 6.54 Å². The Morgan fingerprint density at radius 2 is 2.24 bits per heavy atom. The van der Waals surface area contributed by atoms with Gasteiger partial charge in [-0.2, -0.15) is 0 Å². The minimum atomic E-state index is -0.350. The SMILES string of the molecule is COc1ccc(F)cc1-c1nc(CN)oc1C. The fourth-order valence-electron chi connectivity index (χ4n) is 1.65. The molecule has 90 valence electrons. The summed E-state index contributed by atoms with van der Waals surface area (Å²) in [5.41, 5.74) is 6.57. The van der Waals surface area contributed by atoms with Gasteiger partial charge in [-0.05, 0) is 25.1 Å². The van der Waals surface area contributed by atoms with Gasteiger partial charge >= 0.3 is 0 Å². The van der Waals surface area contributed by atoms with Crippen molar-refractivity contribution in [2.75, 3.05) is 7.11 Å². The summed E-state index contributed by atoms with van der Waals surface area (Å²) < 4.78 is 23.8. The van der Waals surface area contributed by atoms with Crippen LogP contribution in [-0.4, -0.2) is 12.1 Å². The molecular formula is C12H13FN2O2. The van der Waals surface area contributed by atoms with E-state index in [1.54, 1.807) is 13.0 Å². The van der Waals surface area contributed by atoms with Gasteiger partial charge in [0.1, 0.15) is 23.0 Å². The second-order valence-corrected chi connectivity index (χ2v) is 3.56. The van der Waals surface area contributed by atoms with Gasteiger partial charge in [0.25, 0.3) is 0 Å². The van der Waals surface area contributed by atoms with Crippen LogP contribution >= 0.6 is 0 Å². The molecule has 0 spiro atoms. The molecule has 1 aromatic heterocycles. The van der Waals surface area contributed by atoms with E-state index in [1.165, 1.54) is 19.2 Å². The number of hydrogen-bond donors (Lipinski definition) is 1. The van der Waals surface area contributed by atoms with Crippen LogP contribution in [0.25, 0.3) is 11.3 Å². The van der Waals surface area contributed by atoms with Crippen molar-refractivity contribution in [1.82, 2.24) is 4.98 Å². The zero-order chi connectivity index (χ0) is 12.4. The van der Waals surface area contributed by atoms with Gasteiger partial charge in [-0.15, -0.1) is 0 Å². The standard InChI is InChI=1S/C12H13FN2O2/c1-7-12(15-11(6-14)17-7)9-5-8(13)3-4-10(9)16-2/h3-5H,6,14H2,1-2H3. The topological polar surface area (TPSA) is 61.3 Å². The summed E-state index contributed by atoms with van der Waals surface area (Å²) in [7, 11) is 1.52. The van der Waals surface area contributed by atoms with Crippen molar-refractivity contribution >= 4 is 0 Å². The van der Waals surface area contributed by atoms with E-state index in [0.29, 0.717) is 28.7 Å². The van der Waals surface area contributed by atoms with Crippen molar-refractivity contribution in [2.45, 2.75) is 13.5 Å². The van der Waals surface area contributed by atoms with Crippen LogP contribution < -0.4 is 10.5 Å². The van der Waals surface area contributed by atoms with Crippen LogP contribution in [0.3, 0.4) is 0 Å². The molecule has 4 nitrogen and oxygen atoms in total. The van der Waals surface area contributed by atoms with Gasteiger partial charge in [0.2, 0.25) is 5.89 Å². The molecule has 0 aliphatic heterocycles. The molecule has 0 unspecified atom stereocenters. The maximum Gasteiger partial charge on any atom is 0.208 e. The highest BCUT2D eigenvalue weighted by molar-refractivity contribution is 5.68. The van der Waals surface area contributed by atoms with Gasteiger partial charge in [0.05, 0.1) is 13.7 Å². The Bertz CT molecular complexity index is 537. The average Bonchev–Trinajstić information content (AvgIpc) is 2.70. The molecule has 2 rings (SSSR count). The first kappa shape index (κ1) is 11.6. The number of benzene rings is 1. The third kappa shape index (κ3) is 2.14. The number of nitrogens with two attached hydrogens (primary N) is 1. The number of aromatic nitrogens is 1. The molecule has 1 aromatic carbocycles. The Morgan fingerprint density at radius 1 is 1.47 bits per heavy atom. The van der Waals surface area contributed by atoms with E-state index in [1.807, 2.05) is 0 Å². The maximum absolute atomic E-state index is 13.3. The van der Waals surface area contributed by atoms with E-state index >= 15 is 0 Å². The average molecular weight is 236 g/mol. The molecule has 2 N–H and O–H groups in total. The van der Waals surface area contributed by atoms with Gasteiger partial charge in [-0.1, -0.05) is 0 Å². The van der Waals surface area contributed by atoms with E-state index < -0.39 is 0 Å². The predicted octanol–water partition coefficient (Wildman–Crippen LogP) is 2.26. The smallest absolute Gasteiger partial charge is 0.208 e. The molecule has 0 saturated heterocycles. The third-order valence-corrected chi connectivity index (χ3v) is 2.43. The molecule has 0 amide bonds. The number of rotatable bonds is 3. The highest BCUT2D eigenvalue weighted by Gasteiger charge is 2.15. The summed E-state index contributed by atoms with van der Waals surface area (Å²) in [4.78, 5) is 4.21. The summed E-state index contributed by atoms with van der Waals surface area (Å²) >= 11 is 0. The second-order valence-electron chi connectivity index (χ2n) is 3.56. The Kier molecular flexibility index (Phi) is 3.10. The van der Waals surface area contributed by atoms with Crippen molar-refractivity contribution in [2.24, 2.45) is 5.73 Å². The van der Waals surface area contributed by atoms with Crippen LogP contribution in [0.4, 0.5) is 4.39 Å². The highest BCUT2D eigenvalue weighted by Crippen LogP contribution is 2.32. The molecule has 1 heterocycles. The summed E-state index contributed by atoms with van der Waals surface area (Å²) in [6.07, 6.45) is 0. The van der Waals surface area contributed by atoms with Crippen molar-refractivity contribution in [3.05, 3.63) is 35.7 Å². The third-order valence-electron chi connectivity index (χ3n) is 2.43. The highest BCUT2D eigenvalue weighted by atomic mass is 19.1. The Morgan fingerprint density at radius 3 is 2.82 bits per heavy atom. The molecule has 17 heavy (non-hydrogen) atoms. The lowest BCUT2D eigenvalue weighted by molar-refractivity contribution is 0.415. The van der Waals surface area contributed by atoms with Gasteiger partial charge in [-0.3, -0.25) is 0 Å². The molecule has 0 saturated carbocycles. The number of ether oxygens (including phenoxy) is 1. The zero-order valence-electron chi connectivity index (χ0n) is 9.66. The van der Waals surface area contributed by atoms with E-state index in [2.05, 4.69) is 4.98 Å². The lowest BCUT2D eigenvalue weighted by atomic mass is 10.1. The first-order chi connectivity index (χ1) is 8.15. The summed E-state index contributed by atoms with van der Waals surface area (Å²) in [5, 5.41) is 0. The van der Waals surface area contributed by atoms with Crippen molar-refractivity contribution in [3.8, 4) is 17.0 Å². The monoisotopic (exact) mass is 236 g/mol. The number of nitrogens with zero attached hydrogens (tertiary/aromatic N) is 1. The minimum Gasteiger partial charge on any atom is -0.496 e. The fraction of sp³-hybridized carbons (Fsp3) is 0.250. The molecule has 0 bridgehead atoms. The van der Waals surface area contributed by atoms with E-state index in [0.717, 1.165) is 0 Å². The van der Waals surface area contributed by atoms with Crippen LogP contribution in [0.1, 0.15) is 11.7 Å². The molecule has 0 aliphatic rings. The molecule has 0 atom stereocenters. The number of halogens is 1. The van der Waals surface area contributed by atoms with Crippen LogP contribution in [0.5, 0.6) is 5.75 Å². The maximum atomic E-state index is 13.3. The van der Waals surface area contributed by atoms with E-state index in [-0.39, 0.29) is 12.4 Å². The molecule has 5 heteroatoms. The van der Waals surface area contributed by atoms with Gasteiger partial charge in [-0.25, -0.2) is 9.37 Å². The lowest BCUT2D eigenvalue weighted by Gasteiger charge is -2.06. The largest absolute Gasteiger partial charge is 0.496 e. The zero-order valence-corrected chi connectivity index (χ0v) is 9.66. The second kappa shape index (κ2) is 4.55. The van der Waals surface area contributed by atoms with E-state index in [4.69, 9.17) is 14.9 Å². The lowest BCUT2D eigenvalue weighted by Crippen LogP contribution is -1.96. The molecule has 0 radical (unpaired) electrons. The quantitative estimate of drug-likeness (QED) is 0.887. The predicted molar refractivity (Wildman–Crippen MR) is 61.1 cm³/mol. The summed E-state index contributed by atoms with van der Waals surface area (Å²) in [5.74, 6) is 1.21. The Labute approximate surface area is 98.2 Å². The van der Waals surface area contributed by atoms with Crippen LogP contribution in [0, 0.1) is 12.7 Å². The van der Waals surface area contributed by atoms with E-state index in [9.17, 15) is 4.39 Å². The first-order valence-electron chi connectivity index (χ1n) is 5.16.